The van der Waals surface area contributed by atoms with E-state index in [2.05, 4.69) is 4.90 Å². The van der Waals surface area contributed by atoms with E-state index in [1.807, 2.05) is 42.6 Å². The van der Waals surface area contributed by atoms with Gasteiger partial charge >= 0.3 is 0 Å². The van der Waals surface area contributed by atoms with Gasteiger partial charge in [-0.05, 0) is 47.4 Å². The predicted octanol–water partition coefficient (Wildman–Crippen LogP) is 2.65. The first-order valence-corrected chi connectivity index (χ1v) is 9.95. The number of hydrogen-bond acceptors (Lipinski definition) is 4. The minimum absolute atomic E-state index is 0.170. The summed E-state index contributed by atoms with van der Waals surface area (Å²) >= 11 is 6.00. The monoisotopic (exact) mass is 390 g/mol. The lowest BCUT2D eigenvalue weighted by Gasteiger charge is -2.29. The number of thiol groups is 1. The first-order chi connectivity index (χ1) is 12.4. The number of carbonyl (C=O) groups is 1. The van der Waals surface area contributed by atoms with Crippen LogP contribution in [-0.2, 0) is 17.2 Å². The first kappa shape index (κ1) is 18.5. The normalized spacial score (nSPS) is 13.5. The third-order valence-electron chi connectivity index (χ3n) is 4.31. The summed E-state index contributed by atoms with van der Waals surface area (Å²) in [4.78, 5) is 13.7. The lowest BCUT2D eigenvalue weighted by atomic mass is 9.90. The van der Waals surface area contributed by atoms with Crippen molar-refractivity contribution >= 4 is 33.8 Å². The molecule has 7 heteroatoms. The predicted molar refractivity (Wildman–Crippen MR) is 104 cm³/mol. The van der Waals surface area contributed by atoms with Crippen LogP contribution >= 0.6 is 11.6 Å². The number of carbonyl (C=O) groups excluding carboxylic acids is 1. The van der Waals surface area contributed by atoms with E-state index >= 15 is 0 Å². The highest BCUT2D eigenvalue weighted by Crippen LogP contribution is 2.33. The zero-order valence-corrected chi connectivity index (χ0v) is 15.7. The Labute approximate surface area is 159 Å². The summed E-state index contributed by atoms with van der Waals surface area (Å²) in [5, 5.41) is 0.646. The Kier molecular flexibility index (Phi) is 5.64. The van der Waals surface area contributed by atoms with Crippen LogP contribution in [0.2, 0.25) is 5.02 Å². The number of rotatable bonds is 6. The minimum atomic E-state index is -2.36. The molecular formula is C19H19ClN2O3S. The molecular weight excluding hydrogens is 372 g/mol. The van der Waals surface area contributed by atoms with Crippen molar-refractivity contribution in [3.05, 3.63) is 75.9 Å². The van der Waals surface area contributed by atoms with Crippen LogP contribution in [0.15, 0.2) is 48.7 Å². The van der Waals surface area contributed by atoms with Gasteiger partial charge in [-0.1, -0.05) is 29.8 Å². The SMILES string of the molecule is NC(=O)c1ccc2c(c1)C(c1ccc(Cl)cc1)=CN(CCC[SH](=O)=O)C2. The first-order valence-electron chi connectivity index (χ1n) is 8.21. The third kappa shape index (κ3) is 4.26. The molecule has 0 saturated carbocycles. The Balaban J connectivity index is 1.99. The molecule has 0 atom stereocenters. The summed E-state index contributed by atoms with van der Waals surface area (Å²) in [6.07, 6.45) is 2.58. The highest BCUT2D eigenvalue weighted by Gasteiger charge is 2.20. The van der Waals surface area contributed by atoms with Gasteiger partial charge in [0.2, 0.25) is 5.91 Å². The van der Waals surface area contributed by atoms with E-state index in [0.717, 1.165) is 22.3 Å². The van der Waals surface area contributed by atoms with E-state index in [4.69, 9.17) is 17.3 Å². The van der Waals surface area contributed by atoms with Gasteiger partial charge < -0.3 is 10.6 Å². The van der Waals surface area contributed by atoms with Gasteiger partial charge in [0.1, 0.15) is 10.7 Å². The Morgan fingerprint density at radius 2 is 1.88 bits per heavy atom. The Bertz CT molecular complexity index is 928. The number of nitrogens with zero attached hydrogens (tertiary/aromatic N) is 1. The molecule has 0 aliphatic carbocycles. The largest absolute Gasteiger partial charge is 0.372 e. The molecule has 0 saturated heterocycles. The van der Waals surface area contributed by atoms with Crippen molar-refractivity contribution in [2.75, 3.05) is 12.3 Å². The number of primary amides is 1. The molecule has 0 aromatic heterocycles. The van der Waals surface area contributed by atoms with Gasteiger partial charge in [0.15, 0.2) is 0 Å². The molecule has 2 N–H and O–H groups in total. The van der Waals surface area contributed by atoms with Crippen LogP contribution in [0, 0.1) is 0 Å². The van der Waals surface area contributed by atoms with Crippen LogP contribution in [0.4, 0.5) is 0 Å². The maximum atomic E-state index is 11.6. The van der Waals surface area contributed by atoms with Crippen molar-refractivity contribution in [2.45, 2.75) is 13.0 Å². The Morgan fingerprint density at radius 3 is 2.54 bits per heavy atom. The van der Waals surface area contributed by atoms with Crippen LogP contribution in [0.5, 0.6) is 0 Å². The van der Waals surface area contributed by atoms with Crippen LogP contribution in [0.3, 0.4) is 0 Å². The number of fused-ring (bicyclic) bond motifs is 1. The number of nitrogens with two attached hydrogens (primary N) is 1. The molecule has 1 heterocycles. The second-order valence-corrected chi connectivity index (χ2v) is 7.72. The molecule has 0 fully saturated rings. The summed E-state index contributed by atoms with van der Waals surface area (Å²) in [6.45, 7) is 1.29. The molecule has 2 aromatic rings. The van der Waals surface area contributed by atoms with Gasteiger partial charge in [0.05, 0.1) is 0 Å². The fourth-order valence-electron chi connectivity index (χ4n) is 3.04. The van der Waals surface area contributed by atoms with Crippen LogP contribution < -0.4 is 5.73 Å². The van der Waals surface area contributed by atoms with Crippen molar-refractivity contribution < 1.29 is 13.2 Å². The lowest BCUT2D eigenvalue weighted by Crippen LogP contribution is -2.24. The van der Waals surface area contributed by atoms with E-state index in [-0.39, 0.29) is 5.75 Å². The van der Waals surface area contributed by atoms with E-state index in [9.17, 15) is 13.2 Å². The Morgan fingerprint density at radius 1 is 1.15 bits per heavy atom. The maximum Gasteiger partial charge on any atom is 0.248 e. The average Bonchev–Trinajstić information content (AvgIpc) is 2.61. The summed E-state index contributed by atoms with van der Waals surface area (Å²) in [5.41, 5.74) is 9.83. The summed E-state index contributed by atoms with van der Waals surface area (Å²) in [7, 11) is -2.36. The van der Waals surface area contributed by atoms with Crippen molar-refractivity contribution in [1.82, 2.24) is 4.90 Å². The van der Waals surface area contributed by atoms with Gasteiger partial charge in [0, 0.05) is 41.2 Å². The van der Waals surface area contributed by atoms with E-state index in [0.29, 0.717) is 30.1 Å². The highest BCUT2D eigenvalue weighted by molar-refractivity contribution is 7.72. The van der Waals surface area contributed by atoms with E-state index in [1.54, 1.807) is 6.07 Å². The van der Waals surface area contributed by atoms with Gasteiger partial charge in [-0.15, -0.1) is 0 Å². The average molecular weight is 391 g/mol. The van der Waals surface area contributed by atoms with Crippen LogP contribution in [0.1, 0.15) is 33.5 Å². The number of amides is 1. The molecule has 0 radical (unpaired) electrons. The molecule has 136 valence electrons. The maximum absolute atomic E-state index is 11.6. The van der Waals surface area contributed by atoms with Crippen LogP contribution in [0.25, 0.3) is 5.57 Å². The van der Waals surface area contributed by atoms with Crippen molar-refractivity contribution in [1.29, 1.82) is 0 Å². The molecule has 0 unspecified atom stereocenters. The third-order valence-corrected chi connectivity index (χ3v) is 5.24. The molecule has 0 bridgehead atoms. The fraction of sp³-hybridized carbons (Fsp3) is 0.211. The van der Waals surface area contributed by atoms with E-state index in [1.165, 1.54) is 0 Å². The molecule has 0 spiro atoms. The molecule has 5 nitrogen and oxygen atoms in total. The summed E-state index contributed by atoms with van der Waals surface area (Å²) in [5.74, 6) is -0.298. The van der Waals surface area contributed by atoms with Gasteiger partial charge in [0.25, 0.3) is 0 Å². The van der Waals surface area contributed by atoms with Crippen molar-refractivity contribution in [3.8, 4) is 0 Å². The quantitative estimate of drug-likeness (QED) is 0.743. The van der Waals surface area contributed by atoms with Gasteiger partial charge in [-0.3, -0.25) is 4.79 Å². The lowest BCUT2D eigenvalue weighted by molar-refractivity contribution is 0.1000. The number of halogens is 1. The van der Waals surface area contributed by atoms with Gasteiger partial charge in [-0.2, -0.15) is 0 Å². The molecule has 2 aromatic carbocycles. The van der Waals surface area contributed by atoms with Crippen molar-refractivity contribution in [3.63, 3.8) is 0 Å². The number of benzene rings is 2. The number of hydrogen-bond donors (Lipinski definition) is 2. The van der Waals surface area contributed by atoms with Gasteiger partial charge in [-0.25, -0.2) is 8.42 Å². The smallest absolute Gasteiger partial charge is 0.248 e. The fourth-order valence-corrected chi connectivity index (χ4v) is 3.57. The van der Waals surface area contributed by atoms with E-state index < -0.39 is 16.6 Å². The molecule has 3 rings (SSSR count). The topological polar surface area (TPSA) is 80.5 Å². The second-order valence-electron chi connectivity index (χ2n) is 6.17. The zero-order valence-electron chi connectivity index (χ0n) is 14.0. The molecule has 1 amide bonds. The molecule has 1 aliphatic rings. The van der Waals surface area contributed by atoms with Crippen molar-refractivity contribution in [2.24, 2.45) is 5.73 Å². The summed E-state index contributed by atoms with van der Waals surface area (Å²) < 4.78 is 21.6. The second kappa shape index (κ2) is 7.93. The Hall–Kier alpha value is -2.31. The minimum Gasteiger partial charge on any atom is -0.372 e. The standard InChI is InChI=1S/C19H19ClN2O3S/c20-16-6-4-13(5-7-16)18-12-22(8-1-9-26(24)25)11-15-3-2-14(19(21)23)10-17(15)18/h2-7,10,12,26H,1,8-9,11H2,(H2,21,23). The van der Waals surface area contributed by atoms with Crippen LogP contribution in [-0.4, -0.2) is 31.5 Å². The zero-order chi connectivity index (χ0) is 18.7. The molecule has 26 heavy (non-hydrogen) atoms. The highest BCUT2D eigenvalue weighted by atomic mass is 35.5. The molecule has 1 aliphatic heterocycles. The summed E-state index contributed by atoms with van der Waals surface area (Å²) in [6, 6.07) is 12.9.